The zero-order valence-corrected chi connectivity index (χ0v) is 36.2. The zero-order chi connectivity index (χ0) is 45.5. The van der Waals surface area contributed by atoms with E-state index in [0.29, 0.717) is 90.2 Å². The van der Waals surface area contributed by atoms with Gasteiger partial charge in [-0.05, 0) is 82.9 Å². The van der Waals surface area contributed by atoms with Crippen LogP contribution in [0.2, 0.25) is 0 Å². The molecule has 320 valence electrons. The van der Waals surface area contributed by atoms with Gasteiger partial charge in [-0.15, -0.1) is 0 Å². The van der Waals surface area contributed by atoms with Gasteiger partial charge >= 0.3 is 0 Å². The molecule has 0 radical (unpaired) electrons. The fourth-order valence-corrected chi connectivity index (χ4v) is 10.6. The van der Waals surface area contributed by atoms with E-state index in [9.17, 15) is 10.5 Å². The number of anilines is 6. The highest BCUT2D eigenvalue weighted by Gasteiger charge is 2.39. The van der Waals surface area contributed by atoms with Crippen LogP contribution in [0.25, 0.3) is 88.1 Å². The Balaban J connectivity index is 1.04. The molecule has 0 N–H and O–H groups in total. The number of hydrogen-bond donors (Lipinski definition) is 0. The molecule has 0 saturated heterocycles. The average Bonchev–Trinajstić information content (AvgIpc) is 4.20. The summed E-state index contributed by atoms with van der Waals surface area (Å²) in [4.78, 5) is 4.12. The van der Waals surface area contributed by atoms with Crippen molar-refractivity contribution < 1.29 is 22.7 Å². The lowest BCUT2D eigenvalue weighted by Crippen LogP contribution is -2.21. The molecule has 9 heteroatoms. The van der Waals surface area contributed by atoms with Crippen LogP contribution in [0.4, 0.5) is 34.1 Å². The predicted molar refractivity (Wildman–Crippen MR) is 269 cm³/mol. The molecule has 9 nitrogen and oxygen atoms in total. The van der Waals surface area contributed by atoms with Crippen LogP contribution in [0.1, 0.15) is 11.1 Å². The SMILES string of the molecule is N#Cc1c(C#N)c(N2c3ccc(-c4ccccc4)cc3Oc3cc4oc5ccccc5c4cc32)c2c3ccc(o3)c2c1N1c2ccc(-c3ccccc3)cc2Oc2cc3oc4ccccc4c3cc21. The number of fused-ring (bicyclic) bond motifs is 15. The van der Waals surface area contributed by atoms with Gasteiger partial charge in [0, 0.05) is 33.7 Å². The van der Waals surface area contributed by atoms with Crippen LogP contribution in [0.3, 0.4) is 0 Å². The standard InChI is InChI=1S/C60H30N4O5/c61-31-41-42(32-62)60(64-44-22-20-36(34-13-5-2-6-14-34)26-54(44)69-56-30-52-40(28-46(56)64)38-16-8-10-18-48(38)66-52)58-50-24-23-49(67-50)57(58)59(41)63-43-21-19-35(33-11-3-1-4-12-33)25-53(43)68-55-29-51-39(27-45(55)63)37-15-7-9-17-47(37)65-51/h1-30H. The highest BCUT2D eigenvalue weighted by Crippen LogP contribution is 2.61. The van der Waals surface area contributed by atoms with Gasteiger partial charge in [0.15, 0.2) is 23.0 Å². The van der Waals surface area contributed by atoms with E-state index in [-0.39, 0.29) is 11.1 Å². The molecular weight excluding hydrogens is 857 g/mol. The van der Waals surface area contributed by atoms with E-state index in [1.54, 1.807) is 0 Å². The van der Waals surface area contributed by atoms with E-state index in [1.807, 2.05) is 133 Å². The maximum atomic E-state index is 11.7. The van der Waals surface area contributed by atoms with Gasteiger partial charge in [0.25, 0.3) is 0 Å². The van der Waals surface area contributed by atoms with Crippen molar-refractivity contribution in [2.75, 3.05) is 9.80 Å². The molecule has 2 aliphatic heterocycles. The smallest absolute Gasteiger partial charge is 0.155 e. The molecule has 0 amide bonds. The van der Waals surface area contributed by atoms with E-state index >= 15 is 0 Å². The molecule has 0 unspecified atom stereocenters. The number of ether oxygens (including phenoxy) is 2. The Bertz CT molecular complexity index is 4140. The van der Waals surface area contributed by atoms with Crippen LogP contribution < -0.4 is 19.3 Å². The van der Waals surface area contributed by atoms with E-state index < -0.39 is 0 Å². The molecule has 13 aromatic rings. The zero-order valence-electron chi connectivity index (χ0n) is 36.2. The van der Waals surface area contributed by atoms with Crippen molar-refractivity contribution in [3.8, 4) is 57.4 Å². The first kappa shape index (κ1) is 37.3. The summed E-state index contributed by atoms with van der Waals surface area (Å²) in [6, 6.07) is 65.2. The van der Waals surface area contributed by atoms with Gasteiger partial charge in [0.2, 0.25) is 0 Å². The number of hydrogen-bond acceptors (Lipinski definition) is 9. The summed E-state index contributed by atoms with van der Waals surface area (Å²) in [5.74, 6) is 2.19. The highest BCUT2D eigenvalue weighted by atomic mass is 16.5. The second-order valence-corrected chi connectivity index (χ2v) is 17.4. The maximum absolute atomic E-state index is 11.7. The first-order valence-corrected chi connectivity index (χ1v) is 22.5. The predicted octanol–water partition coefficient (Wildman–Crippen LogP) is 17.1. The minimum atomic E-state index is 0.164. The first-order chi connectivity index (χ1) is 34.1. The van der Waals surface area contributed by atoms with Gasteiger partial charge in [0.05, 0.1) is 56.0 Å². The average molecular weight is 887 g/mol. The van der Waals surface area contributed by atoms with Crippen molar-refractivity contribution in [1.82, 2.24) is 0 Å². The highest BCUT2D eigenvalue weighted by molar-refractivity contribution is 6.25. The third-order valence-corrected chi connectivity index (χ3v) is 13.7. The van der Waals surface area contributed by atoms with Gasteiger partial charge in [-0.25, -0.2) is 0 Å². The Labute approximate surface area is 391 Å². The van der Waals surface area contributed by atoms with Crippen molar-refractivity contribution in [3.05, 3.63) is 193 Å². The second kappa shape index (κ2) is 13.8. The first-order valence-electron chi connectivity index (χ1n) is 22.5. The number of para-hydroxylation sites is 2. The van der Waals surface area contributed by atoms with E-state index in [2.05, 4.69) is 70.5 Å². The summed E-state index contributed by atoms with van der Waals surface area (Å²) in [6.45, 7) is 0. The molecule has 0 aliphatic carbocycles. The minimum Gasteiger partial charge on any atom is -0.456 e. The number of benzene rings is 10. The summed E-state index contributed by atoms with van der Waals surface area (Å²) in [5, 5.41) is 28.4. The van der Waals surface area contributed by atoms with Gasteiger partial charge in [0.1, 0.15) is 45.6 Å². The molecule has 6 heterocycles. The van der Waals surface area contributed by atoms with Crippen molar-refractivity contribution in [2.45, 2.75) is 0 Å². The van der Waals surface area contributed by atoms with Crippen molar-refractivity contribution in [3.63, 3.8) is 0 Å². The molecule has 0 atom stereocenters. The number of rotatable bonds is 4. The summed E-state index contributed by atoms with van der Waals surface area (Å²) < 4.78 is 33.2. The minimum absolute atomic E-state index is 0.164. The maximum Gasteiger partial charge on any atom is 0.155 e. The van der Waals surface area contributed by atoms with Crippen LogP contribution in [0.5, 0.6) is 23.0 Å². The van der Waals surface area contributed by atoms with Crippen LogP contribution in [0.15, 0.2) is 195 Å². The molecule has 0 saturated carbocycles. The monoisotopic (exact) mass is 886 g/mol. The number of nitriles is 2. The Morgan fingerprint density at radius 3 is 1.17 bits per heavy atom. The lowest BCUT2D eigenvalue weighted by molar-refractivity contribution is 0.476. The van der Waals surface area contributed by atoms with Crippen LogP contribution >= 0.6 is 0 Å². The summed E-state index contributed by atoms with van der Waals surface area (Å²) >= 11 is 0. The molecule has 69 heavy (non-hydrogen) atoms. The fraction of sp³-hybridized carbons (Fsp3) is 0. The summed E-state index contributed by atoms with van der Waals surface area (Å²) in [5.41, 5.74) is 11.9. The molecule has 0 spiro atoms. The third kappa shape index (κ3) is 5.21. The Kier molecular flexibility index (Phi) is 7.45. The molecular formula is C60H30N4O5. The summed E-state index contributed by atoms with van der Waals surface area (Å²) in [7, 11) is 0. The lowest BCUT2D eigenvalue weighted by Gasteiger charge is -2.37. The van der Waals surface area contributed by atoms with Gasteiger partial charge in [-0.1, -0.05) is 109 Å². The lowest BCUT2D eigenvalue weighted by atomic mass is 9.92. The third-order valence-electron chi connectivity index (χ3n) is 13.7. The van der Waals surface area contributed by atoms with E-state index in [4.69, 9.17) is 22.7 Å². The van der Waals surface area contributed by atoms with Crippen molar-refractivity contribution >= 4 is 99.9 Å². The largest absolute Gasteiger partial charge is 0.456 e. The molecule has 2 bridgehead atoms. The van der Waals surface area contributed by atoms with Crippen molar-refractivity contribution in [1.29, 1.82) is 10.5 Å². The van der Waals surface area contributed by atoms with Crippen LogP contribution in [0, 0.1) is 22.7 Å². The Hall–Kier alpha value is -9.96. The van der Waals surface area contributed by atoms with Gasteiger partial charge in [-0.2, -0.15) is 10.5 Å². The molecule has 9 aromatic carbocycles. The van der Waals surface area contributed by atoms with Crippen LogP contribution in [-0.2, 0) is 0 Å². The Morgan fingerprint density at radius 1 is 0.319 bits per heavy atom. The van der Waals surface area contributed by atoms with Crippen LogP contribution in [-0.4, -0.2) is 0 Å². The van der Waals surface area contributed by atoms with E-state index in [0.717, 1.165) is 55.0 Å². The summed E-state index contributed by atoms with van der Waals surface area (Å²) in [6.07, 6.45) is 0. The quantitative estimate of drug-likeness (QED) is 0.170. The topological polar surface area (TPSA) is 112 Å². The molecule has 4 aromatic heterocycles. The molecule has 15 rings (SSSR count). The second-order valence-electron chi connectivity index (χ2n) is 17.4. The van der Waals surface area contributed by atoms with Crippen molar-refractivity contribution in [2.24, 2.45) is 0 Å². The molecule has 2 aliphatic rings. The normalized spacial score (nSPS) is 12.8. The van der Waals surface area contributed by atoms with Gasteiger partial charge < -0.3 is 32.5 Å². The van der Waals surface area contributed by atoms with Gasteiger partial charge in [-0.3, -0.25) is 0 Å². The Morgan fingerprint density at radius 2 is 0.725 bits per heavy atom. The number of furan rings is 4. The molecule has 0 fully saturated rings. The fourth-order valence-electron chi connectivity index (χ4n) is 10.6. The van der Waals surface area contributed by atoms with E-state index in [1.165, 1.54) is 0 Å². The number of nitrogens with zero attached hydrogens (tertiary/aromatic N) is 4.